The van der Waals surface area contributed by atoms with Crippen molar-refractivity contribution >= 4 is 34.6 Å². The molecule has 1 aliphatic rings. The number of likely N-dealkylation sites (tertiary alicyclic amines) is 1. The fraction of sp³-hybridized carbons (Fsp3) is 0.389. The maximum atomic E-state index is 6.16. The molecule has 2 N–H and O–H groups in total. The van der Waals surface area contributed by atoms with Crippen LogP contribution in [0.25, 0.3) is 0 Å². The fourth-order valence-corrected chi connectivity index (χ4v) is 3.36. The van der Waals surface area contributed by atoms with Crippen molar-refractivity contribution in [3.63, 3.8) is 0 Å². The van der Waals surface area contributed by atoms with E-state index in [1.165, 1.54) is 12.8 Å². The number of halogens is 1. The third-order valence-corrected chi connectivity index (χ3v) is 4.99. The number of anilines is 1. The van der Waals surface area contributed by atoms with E-state index in [1.807, 2.05) is 37.3 Å². The second-order valence-electron chi connectivity index (χ2n) is 6.07. The van der Waals surface area contributed by atoms with Gasteiger partial charge >= 0.3 is 0 Å². The Morgan fingerprint density at radius 2 is 2.12 bits per heavy atom. The lowest BCUT2D eigenvalue weighted by Crippen LogP contribution is -2.38. The van der Waals surface area contributed by atoms with Crippen molar-refractivity contribution in [2.45, 2.75) is 25.8 Å². The van der Waals surface area contributed by atoms with E-state index in [0.717, 1.165) is 35.1 Å². The minimum Gasteiger partial charge on any atom is -0.468 e. The summed E-state index contributed by atoms with van der Waals surface area (Å²) in [6, 6.07) is 9.99. The largest absolute Gasteiger partial charge is 0.468 e. The van der Waals surface area contributed by atoms with Crippen molar-refractivity contribution < 1.29 is 4.42 Å². The number of furan rings is 1. The van der Waals surface area contributed by atoms with Crippen LogP contribution in [0.4, 0.5) is 5.69 Å². The average Bonchev–Trinajstić information content (AvgIpc) is 3.25. The van der Waals surface area contributed by atoms with Gasteiger partial charge in [0.15, 0.2) is 5.11 Å². The summed E-state index contributed by atoms with van der Waals surface area (Å²) in [6.07, 6.45) is 4.20. The van der Waals surface area contributed by atoms with Crippen LogP contribution >= 0.6 is 23.8 Å². The molecule has 1 aliphatic heterocycles. The van der Waals surface area contributed by atoms with Crippen LogP contribution in [-0.4, -0.2) is 29.6 Å². The van der Waals surface area contributed by atoms with Crippen LogP contribution in [0.2, 0.25) is 5.02 Å². The molecule has 1 aromatic heterocycles. The van der Waals surface area contributed by atoms with Gasteiger partial charge in [-0.3, -0.25) is 4.90 Å². The number of nitrogens with one attached hydrogen (secondary N) is 2. The van der Waals surface area contributed by atoms with Crippen molar-refractivity contribution in [2.24, 2.45) is 0 Å². The molecule has 0 saturated carbocycles. The summed E-state index contributed by atoms with van der Waals surface area (Å²) < 4.78 is 5.62. The van der Waals surface area contributed by atoms with Crippen molar-refractivity contribution in [1.29, 1.82) is 0 Å². The maximum absolute atomic E-state index is 6.16. The van der Waals surface area contributed by atoms with Gasteiger partial charge in [-0.25, -0.2) is 0 Å². The third kappa shape index (κ3) is 4.29. The molecule has 1 fully saturated rings. The van der Waals surface area contributed by atoms with Crippen molar-refractivity contribution in [3.05, 3.63) is 52.9 Å². The van der Waals surface area contributed by atoms with Crippen molar-refractivity contribution in [1.82, 2.24) is 10.2 Å². The lowest BCUT2D eigenvalue weighted by atomic mass is 10.2. The monoisotopic (exact) mass is 363 g/mol. The zero-order valence-corrected chi connectivity index (χ0v) is 15.3. The van der Waals surface area contributed by atoms with E-state index in [9.17, 15) is 0 Å². The number of hydrogen-bond acceptors (Lipinski definition) is 3. The molecule has 1 atom stereocenters. The summed E-state index contributed by atoms with van der Waals surface area (Å²) in [5, 5.41) is 7.81. The molecule has 6 heteroatoms. The molecule has 1 saturated heterocycles. The van der Waals surface area contributed by atoms with E-state index < -0.39 is 0 Å². The zero-order chi connectivity index (χ0) is 16.9. The smallest absolute Gasteiger partial charge is 0.170 e. The number of rotatable bonds is 5. The average molecular weight is 364 g/mol. The third-order valence-electron chi connectivity index (χ3n) is 4.34. The van der Waals surface area contributed by atoms with E-state index in [2.05, 4.69) is 15.5 Å². The summed E-state index contributed by atoms with van der Waals surface area (Å²) >= 11 is 11.6. The molecule has 128 valence electrons. The van der Waals surface area contributed by atoms with Crippen LogP contribution in [0, 0.1) is 6.92 Å². The maximum Gasteiger partial charge on any atom is 0.170 e. The van der Waals surface area contributed by atoms with Gasteiger partial charge in [0.05, 0.1) is 12.3 Å². The van der Waals surface area contributed by atoms with E-state index in [4.69, 9.17) is 28.2 Å². The Morgan fingerprint density at radius 1 is 1.33 bits per heavy atom. The predicted octanol–water partition coefficient (Wildman–Crippen LogP) is 4.36. The van der Waals surface area contributed by atoms with Crippen LogP contribution in [0.15, 0.2) is 41.0 Å². The van der Waals surface area contributed by atoms with E-state index in [-0.39, 0.29) is 6.04 Å². The summed E-state index contributed by atoms with van der Waals surface area (Å²) in [5.41, 5.74) is 1.94. The minimum atomic E-state index is 0.198. The quantitative estimate of drug-likeness (QED) is 0.772. The lowest BCUT2D eigenvalue weighted by molar-refractivity contribution is 0.216. The summed E-state index contributed by atoms with van der Waals surface area (Å²) in [7, 11) is 0. The number of nitrogens with zero attached hydrogens (tertiary/aromatic N) is 1. The number of aryl methyl sites for hydroxylation is 1. The highest BCUT2D eigenvalue weighted by atomic mass is 35.5. The molecule has 4 nitrogen and oxygen atoms in total. The predicted molar refractivity (Wildman–Crippen MR) is 103 cm³/mol. The van der Waals surface area contributed by atoms with Crippen LogP contribution < -0.4 is 10.6 Å². The summed E-state index contributed by atoms with van der Waals surface area (Å²) in [4.78, 5) is 2.44. The first-order valence-electron chi connectivity index (χ1n) is 8.22. The molecule has 24 heavy (non-hydrogen) atoms. The first kappa shape index (κ1) is 17.3. The van der Waals surface area contributed by atoms with Crippen LogP contribution in [-0.2, 0) is 0 Å². The molecule has 0 bridgehead atoms. The van der Waals surface area contributed by atoms with E-state index >= 15 is 0 Å². The van der Waals surface area contributed by atoms with Gasteiger partial charge in [0, 0.05) is 17.3 Å². The number of thiocarbonyl (C=S) groups is 1. The molecule has 2 aromatic rings. The zero-order valence-electron chi connectivity index (χ0n) is 13.7. The Kier molecular flexibility index (Phi) is 5.76. The second kappa shape index (κ2) is 8.01. The SMILES string of the molecule is Cc1ccc(NC(=S)NCC(c2ccco2)N2CCCC2)cc1Cl. The first-order chi connectivity index (χ1) is 11.6. The van der Waals surface area contributed by atoms with Gasteiger partial charge in [-0.15, -0.1) is 0 Å². The highest BCUT2D eigenvalue weighted by molar-refractivity contribution is 7.80. The van der Waals surface area contributed by atoms with Gasteiger partial charge in [-0.2, -0.15) is 0 Å². The molecule has 1 unspecified atom stereocenters. The Morgan fingerprint density at radius 3 is 2.79 bits per heavy atom. The standard InChI is InChI=1S/C18H22ClN3OS/c1-13-6-7-14(11-15(13)19)21-18(24)20-12-16(17-5-4-10-23-17)22-8-2-3-9-22/h4-7,10-11,16H,2-3,8-9,12H2,1H3,(H2,20,21,24). The molecule has 0 amide bonds. The summed E-state index contributed by atoms with van der Waals surface area (Å²) in [6.45, 7) is 4.88. The summed E-state index contributed by atoms with van der Waals surface area (Å²) in [5.74, 6) is 0.977. The van der Waals surface area contributed by atoms with Crippen molar-refractivity contribution in [3.8, 4) is 0 Å². The lowest BCUT2D eigenvalue weighted by Gasteiger charge is -2.26. The van der Waals surface area contributed by atoms with Gasteiger partial charge in [0.25, 0.3) is 0 Å². The number of hydrogen-bond donors (Lipinski definition) is 2. The molecule has 3 rings (SSSR count). The molecule has 0 radical (unpaired) electrons. The molecule has 0 aliphatic carbocycles. The van der Waals surface area contributed by atoms with Gasteiger partial charge in [-0.05, 0) is 74.9 Å². The second-order valence-corrected chi connectivity index (χ2v) is 6.89. The molecule has 0 spiro atoms. The Hall–Kier alpha value is -1.56. The van der Waals surface area contributed by atoms with Crippen molar-refractivity contribution in [2.75, 3.05) is 25.0 Å². The van der Waals surface area contributed by atoms with Gasteiger partial charge in [-0.1, -0.05) is 17.7 Å². The fourth-order valence-electron chi connectivity index (χ4n) is 2.98. The normalized spacial score (nSPS) is 16.1. The van der Waals surface area contributed by atoms with Gasteiger partial charge in [0.1, 0.15) is 5.76 Å². The van der Waals surface area contributed by atoms with Crippen LogP contribution in [0.1, 0.15) is 30.2 Å². The number of benzene rings is 1. The van der Waals surface area contributed by atoms with Gasteiger partial charge < -0.3 is 15.1 Å². The van der Waals surface area contributed by atoms with E-state index in [0.29, 0.717) is 11.7 Å². The van der Waals surface area contributed by atoms with Crippen LogP contribution in [0.3, 0.4) is 0 Å². The minimum absolute atomic E-state index is 0.198. The Balaban J connectivity index is 1.59. The van der Waals surface area contributed by atoms with Gasteiger partial charge in [0.2, 0.25) is 0 Å². The topological polar surface area (TPSA) is 40.4 Å². The Labute approximate surface area is 153 Å². The molecule has 2 heterocycles. The highest BCUT2D eigenvalue weighted by Crippen LogP contribution is 2.25. The Bertz CT molecular complexity index is 684. The van der Waals surface area contributed by atoms with Crippen LogP contribution in [0.5, 0.6) is 0 Å². The molecular formula is C18H22ClN3OS. The van der Waals surface area contributed by atoms with E-state index in [1.54, 1.807) is 6.26 Å². The highest BCUT2D eigenvalue weighted by Gasteiger charge is 2.25. The molecule has 1 aromatic carbocycles. The molecular weight excluding hydrogens is 342 g/mol. The first-order valence-corrected chi connectivity index (χ1v) is 9.00.